The van der Waals surface area contributed by atoms with Crippen LogP contribution >= 0.6 is 0 Å². The maximum atomic E-state index is 13.3. The zero-order valence-corrected chi connectivity index (χ0v) is 13.7. The molecule has 1 saturated heterocycles. The summed E-state index contributed by atoms with van der Waals surface area (Å²) in [4.78, 5) is 15.7. The first-order chi connectivity index (χ1) is 12.3. The van der Waals surface area contributed by atoms with Gasteiger partial charge in [-0.15, -0.1) is 0 Å². The van der Waals surface area contributed by atoms with Crippen LogP contribution in [0.3, 0.4) is 0 Å². The molecule has 0 aliphatic carbocycles. The zero-order chi connectivity index (χ0) is 17.1. The Hall–Kier alpha value is -2.86. The van der Waals surface area contributed by atoms with Crippen LogP contribution in [0.2, 0.25) is 0 Å². The molecule has 0 unspecified atom stereocenters. The van der Waals surface area contributed by atoms with Gasteiger partial charge in [-0.2, -0.15) is 0 Å². The molecule has 0 spiro atoms. The quantitative estimate of drug-likeness (QED) is 0.798. The topological polar surface area (TPSA) is 53.9 Å². The predicted molar refractivity (Wildman–Crippen MR) is 95.7 cm³/mol. The Morgan fingerprint density at radius 2 is 1.60 bits per heavy atom. The molecule has 3 heterocycles. The highest BCUT2D eigenvalue weighted by Crippen LogP contribution is 2.26. The molecule has 3 aromatic rings. The first-order valence-corrected chi connectivity index (χ1v) is 8.31. The van der Waals surface area contributed by atoms with E-state index in [1.54, 1.807) is 24.5 Å². The predicted octanol–water partition coefficient (Wildman–Crippen LogP) is 2.75. The van der Waals surface area contributed by atoms with E-state index in [4.69, 9.17) is 9.97 Å². The van der Waals surface area contributed by atoms with Gasteiger partial charge in [-0.1, -0.05) is 0 Å². The van der Waals surface area contributed by atoms with Gasteiger partial charge in [0.1, 0.15) is 11.6 Å². The lowest BCUT2D eigenvalue weighted by atomic mass is 10.1. The van der Waals surface area contributed by atoms with Gasteiger partial charge in [0.05, 0.1) is 5.69 Å². The van der Waals surface area contributed by atoms with Crippen LogP contribution in [0.5, 0.6) is 0 Å². The van der Waals surface area contributed by atoms with Crippen molar-refractivity contribution in [3.63, 3.8) is 0 Å². The van der Waals surface area contributed by atoms with Crippen molar-refractivity contribution in [3.8, 4) is 22.6 Å². The summed E-state index contributed by atoms with van der Waals surface area (Å²) >= 11 is 0. The van der Waals surface area contributed by atoms with E-state index in [1.165, 1.54) is 12.1 Å². The molecule has 25 heavy (non-hydrogen) atoms. The highest BCUT2D eigenvalue weighted by molar-refractivity contribution is 5.67. The summed E-state index contributed by atoms with van der Waals surface area (Å²) < 4.78 is 13.3. The number of anilines is 1. The number of halogens is 1. The second kappa shape index (κ2) is 6.94. The first-order valence-electron chi connectivity index (χ1n) is 8.31. The minimum absolute atomic E-state index is 0.267. The Kier molecular flexibility index (Phi) is 4.35. The Bertz CT molecular complexity index is 845. The SMILES string of the molecule is Fc1ccc(-c2nc(-c3ccncc3)cc(N3CCNCC3)n2)cc1. The number of nitrogens with one attached hydrogen (secondary N) is 1. The van der Waals surface area contributed by atoms with Crippen molar-refractivity contribution in [1.29, 1.82) is 0 Å². The van der Waals surface area contributed by atoms with Gasteiger partial charge >= 0.3 is 0 Å². The molecule has 0 saturated carbocycles. The van der Waals surface area contributed by atoms with E-state index in [1.807, 2.05) is 18.2 Å². The van der Waals surface area contributed by atoms with Crippen molar-refractivity contribution in [1.82, 2.24) is 20.3 Å². The third kappa shape index (κ3) is 3.49. The smallest absolute Gasteiger partial charge is 0.162 e. The summed E-state index contributed by atoms with van der Waals surface area (Å²) in [5.41, 5.74) is 2.62. The van der Waals surface area contributed by atoms with Gasteiger partial charge in [-0.3, -0.25) is 4.98 Å². The fourth-order valence-electron chi connectivity index (χ4n) is 2.89. The van der Waals surface area contributed by atoms with Gasteiger partial charge in [0, 0.05) is 55.8 Å². The van der Waals surface area contributed by atoms with Crippen LogP contribution in [0.15, 0.2) is 54.9 Å². The summed E-state index contributed by atoms with van der Waals surface area (Å²) in [5.74, 6) is 1.22. The second-order valence-corrected chi connectivity index (χ2v) is 5.91. The van der Waals surface area contributed by atoms with Crippen molar-refractivity contribution in [2.75, 3.05) is 31.1 Å². The average Bonchev–Trinajstić information content (AvgIpc) is 2.69. The van der Waals surface area contributed by atoms with Crippen molar-refractivity contribution in [2.45, 2.75) is 0 Å². The number of hydrogen-bond donors (Lipinski definition) is 1. The summed E-state index contributed by atoms with van der Waals surface area (Å²) in [7, 11) is 0. The molecule has 0 radical (unpaired) electrons. The minimum atomic E-state index is -0.267. The number of hydrogen-bond acceptors (Lipinski definition) is 5. The second-order valence-electron chi connectivity index (χ2n) is 5.91. The summed E-state index contributed by atoms with van der Waals surface area (Å²) in [6.07, 6.45) is 3.50. The Morgan fingerprint density at radius 3 is 2.32 bits per heavy atom. The molecule has 6 heteroatoms. The van der Waals surface area contributed by atoms with Crippen LogP contribution in [-0.2, 0) is 0 Å². The Balaban J connectivity index is 1.81. The molecule has 0 bridgehead atoms. The Morgan fingerprint density at radius 1 is 0.880 bits per heavy atom. The van der Waals surface area contributed by atoms with Gasteiger partial charge < -0.3 is 10.2 Å². The van der Waals surface area contributed by atoms with E-state index in [0.717, 1.165) is 48.8 Å². The molecule has 126 valence electrons. The molecule has 2 aromatic heterocycles. The molecule has 1 aliphatic heterocycles. The molecule has 1 aliphatic rings. The van der Waals surface area contributed by atoms with Gasteiger partial charge in [0.15, 0.2) is 5.82 Å². The molecule has 0 atom stereocenters. The third-order valence-electron chi connectivity index (χ3n) is 4.23. The molecule has 4 rings (SSSR count). The van der Waals surface area contributed by atoms with Gasteiger partial charge in [-0.25, -0.2) is 14.4 Å². The van der Waals surface area contributed by atoms with Crippen LogP contribution in [0, 0.1) is 5.82 Å². The standard InChI is InChI=1S/C19H18FN5/c20-16-3-1-15(2-4-16)19-23-17(14-5-7-21-8-6-14)13-18(24-19)25-11-9-22-10-12-25/h1-8,13,22H,9-12H2. The monoisotopic (exact) mass is 335 g/mol. The van der Waals surface area contributed by atoms with Gasteiger partial charge in [-0.05, 0) is 36.4 Å². The van der Waals surface area contributed by atoms with Crippen molar-refractivity contribution in [2.24, 2.45) is 0 Å². The van der Waals surface area contributed by atoms with E-state index in [0.29, 0.717) is 5.82 Å². The highest BCUT2D eigenvalue weighted by Gasteiger charge is 2.16. The van der Waals surface area contributed by atoms with Crippen LogP contribution in [0.25, 0.3) is 22.6 Å². The molecule has 1 N–H and O–H groups in total. The number of rotatable bonds is 3. The molecular weight excluding hydrogens is 317 g/mol. The van der Waals surface area contributed by atoms with Gasteiger partial charge in [0.25, 0.3) is 0 Å². The van der Waals surface area contributed by atoms with Crippen molar-refractivity contribution < 1.29 is 4.39 Å². The summed E-state index contributed by atoms with van der Waals surface area (Å²) in [6, 6.07) is 12.2. The van der Waals surface area contributed by atoms with E-state index < -0.39 is 0 Å². The van der Waals surface area contributed by atoms with E-state index in [-0.39, 0.29) is 5.82 Å². The van der Waals surface area contributed by atoms with E-state index in [9.17, 15) is 4.39 Å². The normalized spacial score (nSPS) is 14.5. The molecular formula is C19H18FN5. The van der Waals surface area contributed by atoms with Crippen LogP contribution < -0.4 is 10.2 Å². The lowest BCUT2D eigenvalue weighted by molar-refractivity contribution is 0.585. The van der Waals surface area contributed by atoms with Crippen molar-refractivity contribution in [3.05, 3.63) is 60.7 Å². The van der Waals surface area contributed by atoms with Crippen molar-refractivity contribution >= 4 is 5.82 Å². The molecule has 1 aromatic carbocycles. The maximum Gasteiger partial charge on any atom is 0.162 e. The summed E-state index contributed by atoms with van der Waals surface area (Å²) in [5, 5.41) is 3.35. The zero-order valence-electron chi connectivity index (χ0n) is 13.7. The fraction of sp³-hybridized carbons (Fsp3) is 0.211. The lowest BCUT2D eigenvalue weighted by Crippen LogP contribution is -2.44. The highest BCUT2D eigenvalue weighted by atomic mass is 19.1. The Labute approximate surface area is 145 Å². The number of piperazine rings is 1. The lowest BCUT2D eigenvalue weighted by Gasteiger charge is -2.29. The van der Waals surface area contributed by atoms with Crippen LogP contribution in [0.1, 0.15) is 0 Å². The number of pyridine rings is 1. The van der Waals surface area contributed by atoms with E-state index in [2.05, 4.69) is 15.2 Å². The number of nitrogens with zero attached hydrogens (tertiary/aromatic N) is 4. The largest absolute Gasteiger partial charge is 0.354 e. The molecule has 1 fully saturated rings. The minimum Gasteiger partial charge on any atom is -0.354 e. The fourth-order valence-corrected chi connectivity index (χ4v) is 2.89. The first kappa shape index (κ1) is 15.7. The third-order valence-corrected chi connectivity index (χ3v) is 4.23. The van der Waals surface area contributed by atoms with Gasteiger partial charge in [0.2, 0.25) is 0 Å². The number of aromatic nitrogens is 3. The van der Waals surface area contributed by atoms with E-state index >= 15 is 0 Å². The maximum absolute atomic E-state index is 13.3. The average molecular weight is 335 g/mol. The number of benzene rings is 1. The van der Waals surface area contributed by atoms with Crippen LogP contribution in [0.4, 0.5) is 10.2 Å². The van der Waals surface area contributed by atoms with Crippen LogP contribution in [-0.4, -0.2) is 41.1 Å². The molecule has 0 amide bonds. The summed E-state index contributed by atoms with van der Waals surface area (Å²) in [6.45, 7) is 3.66. The molecule has 5 nitrogen and oxygen atoms in total.